The third kappa shape index (κ3) is 3.90. The van der Waals surface area contributed by atoms with Crippen molar-refractivity contribution in [2.24, 2.45) is 5.73 Å². The van der Waals surface area contributed by atoms with E-state index in [2.05, 4.69) is 20.8 Å². The molecule has 0 saturated carbocycles. The van der Waals surface area contributed by atoms with Gasteiger partial charge < -0.3 is 10.5 Å². The van der Waals surface area contributed by atoms with Crippen molar-refractivity contribution in [1.82, 2.24) is 0 Å². The van der Waals surface area contributed by atoms with Gasteiger partial charge >= 0.3 is 0 Å². The summed E-state index contributed by atoms with van der Waals surface area (Å²) in [4.78, 5) is 0. The maximum Gasteiger partial charge on any atom is 0.126 e. The van der Waals surface area contributed by atoms with Crippen LogP contribution >= 0.6 is 11.6 Å². The maximum absolute atomic E-state index is 6.14. The number of hydrogen-bond acceptors (Lipinski definition) is 2. The molecule has 0 aliphatic carbocycles. The van der Waals surface area contributed by atoms with Gasteiger partial charge in [0, 0.05) is 5.02 Å². The van der Waals surface area contributed by atoms with E-state index in [4.69, 9.17) is 22.1 Å². The Morgan fingerprint density at radius 3 is 2.59 bits per heavy atom. The van der Waals surface area contributed by atoms with Crippen LogP contribution in [0.4, 0.5) is 0 Å². The van der Waals surface area contributed by atoms with Gasteiger partial charge in [-0.3, -0.25) is 0 Å². The predicted octanol–water partition coefficient (Wildman–Crippen LogP) is 3.75. The summed E-state index contributed by atoms with van der Waals surface area (Å²) in [5, 5.41) is 0.765. The second-order valence-electron chi connectivity index (χ2n) is 4.53. The third-order valence-corrected chi connectivity index (χ3v) is 2.86. The molecule has 2 nitrogen and oxygen atoms in total. The average Bonchev–Trinajstić information content (AvgIpc) is 2.27. The van der Waals surface area contributed by atoms with Gasteiger partial charge in [0.15, 0.2) is 0 Å². The van der Waals surface area contributed by atoms with Crippen LogP contribution in [0.25, 0.3) is 0 Å². The number of benzene rings is 1. The van der Waals surface area contributed by atoms with E-state index in [-0.39, 0.29) is 0 Å². The van der Waals surface area contributed by atoms with Crippen LogP contribution in [0.2, 0.25) is 5.02 Å². The lowest BCUT2D eigenvalue weighted by molar-refractivity contribution is 0.310. The van der Waals surface area contributed by atoms with Crippen LogP contribution in [0.5, 0.6) is 5.75 Å². The Morgan fingerprint density at radius 1 is 1.35 bits per heavy atom. The van der Waals surface area contributed by atoms with E-state index in [1.165, 1.54) is 5.56 Å². The Hall–Kier alpha value is -0.730. The standard InChI is InChI=1S/C14H22ClNO/c1-4-7-17-14-11(5-6-16)8-12(15)9-13(14)10(2)3/h8-10H,4-7,16H2,1-3H3. The minimum absolute atomic E-state index is 0.400. The highest BCUT2D eigenvalue weighted by Crippen LogP contribution is 2.33. The van der Waals surface area contributed by atoms with Gasteiger partial charge in [-0.15, -0.1) is 0 Å². The van der Waals surface area contributed by atoms with Crippen molar-refractivity contribution < 1.29 is 4.74 Å². The molecule has 1 aromatic carbocycles. The molecule has 2 N–H and O–H groups in total. The minimum atomic E-state index is 0.400. The van der Waals surface area contributed by atoms with Crippen LogP contribution in [-0.2, 0) is 6.42 Å². The molecule has 1 rings (SSSR count). The molecule has 3 heteroatoms. The zero-order valence-corrected chi connectivity index (χ0v) is 11.7. The first-order valence-electron chi connectivity index (χ1n) is 6.25. The topological polar surface area (TPSA) is 35.2 Å². The summed E-state index contributed by atoms with van der Waals surface area (Å²) >= 11 is 6.14. The van der Waals surface area contributed by atoms with E-state index >= 15 is 0 Å². The Balaban J connectivity index is 3.16. The Bertz CT molecular complexity index is 363. The van der Waals surface area contributed by atoms with E-state index in [1.54, 1.807) is 0 Å². The first-order valence-corrected chi connectivity index (χ1v) is 6.63. The van der Waals surface area contributed by atoms with Crippen LogP contribution in [0, 0.1) is 0 Å². The Labute approximate surface area is 109 Å². The SMILES string of the molecule is CCCOc1c(CCN)cc(Cl)cc1C(C)C. The molecule has 0 heterocycles. The summed E-state index contributed by atoms with van der Waals surface area (Å²) in [7, 11) is 0. The molecule has 0 atom stereocenters. The molecular weight excluding hydrogens is 234 g/mol. The lowest BCUT2D eigenvalue weighted by atomic mass is 9.97. The van der Waals surface area contributed by atoms with E-state index in [0.717, 1.165) is 35.8 Å². The fourth-order valence-electron chi connectivity index (χ4n) is 1.82. The van der Waals surface area contributed by atoms with Crippen molar-refractivity contribution in [3.63, 3.8) is 0 Å². The molecule has 0 aliphatic rings. The normalized spacial score (nSPS) is 10.9. The van der Waals surface area contributed by atoms with Gasteiger partial charge in [-0.2, -0.15) is 0 Å². The van der Waals surface area contributed by atoms with Crippen molar-refractivity contribution in [3.8, 4) is 5.75 Å². The fraction of sp³-hybridized carbons (Fsp3) is 0.571. The van der Waals surface area contributed by atoms with Gasteiger partial charge in [-0.1, -0.05) is 32.4 Å². The molecule has 0 bridgehead atoms. The molecule has 0 spiro atoms. The van der Waals surface area contributed by atoms with Crippen LogP contribution in [0.15, 0.2) is 12.1 Å². The van der Waals surface area contributed by atoms with Crippen molar-refractivity contribution in [2.75, 3.05) is 13.2 Å². The van der Waals surface area contributed by atoms with E-state index in [9.17, 15) is 0 Å². The lowest BCUT2D eigenvalue weighted by Gasteiger charge is -2.18. The van der Waals surface area contributed by atoms with Crippen LogP contribution in [0.1, 0.15) is 44.2 Å². The predicted molar refractivity (Wildman–Crippen MR) is 74.1 cm³/mol. The van der Waals surface area contributed by atoms with Crippen LogP contribution in [0.3, 0.4) is 0 Å². The molecule has 0 unspecified atom stereocenters. The quantitative estimate of drug-likeness (QED) is 0.840. The molecule has 0 radical (unpaired) electrons. The summed E-state index contributed by atoms with van der Waals surface area (Å²) in [6.45, 7) is 7.75. The van der Waals surface area contributed by atoms with E-state index in [0.29, 0.717) is 12.5 Å². The number of halogens is 1. The lowest BCUT2D eigenvalue weighted by Crippen LogP contribution is -2.08. The highest BCUT2D eigenvalue weighted by atomic mass is 35.5. The second kappa shape index (κ2) is 6.87. The van der Waals surface area contributed by atoms with Crippen LogP contribution < -0.4 is 10.5 Å². The van der Waals surface area contributed by atoms with E-state index < -0.39 is 0 Å². The van der Waals surface area contributed by atoms with Crippen molar-refractivity contribution >= 4 is 11.6 Å². The number of hydrogen-bond donors (Lipinski definition) is 1. The number of ether oxygens (including phenoxy) is 1. The first kappa shape index (κ1) is 14.3. The number of nitrogens with two attached hydrogens (primary N) is 1. The molecule has 0 fully saturated rings. The summed E-state index contributed by atoms with van der Waals surface area (Å²) in [5.41, 5.74) is 7.93. The van der Waals surface area contributed by atoms with Gasteiger partial charge in [0.05, 0.1) is 6.61 Å². The van der Waals surface area contributed by atoms with Crippen molar-refractivity contribution in [3.05, 3.63) is 28.3 Å². The molecule has 0 saturated heterocycles. The highest BCUT2D eigenvalue weighted by Gasteiger charge is 2.14. The van der Waals surface area contributed by atoms with Crippen molar-refractivity contribution in [1.29, 1.82) is 0 Å². The first-order chi connectivity index (χ1) is 8.10. The Morgan fingerprint density at radius 2 is 2.06 bits per heavy atom. The van der Waals surface area contributed by atoms with Gasteiger partial charge in [0.1, 0.15) is 5.75 Å². The molecule has 0 aromatic heterocycles. The molecular formula is C14H22ClNO. The van der Waals surface area contributed by atoms with Gasteiger partial charge in [0.25, 0.3) is 0 Å². The zero-order valence-electron chi connectivity index (χ0n) is 10.9. The largest absolute Gasteiger partial charge is 0.493 e. The molecule has 0 amide bonds. The number of rotatable bonds is 6. The second-order valence-corrected chi connectivity index (χ2v) is 4.96. The molecule has 0 aliphatic heterocycles. The third-order valence-electron chi connectivity index (χ3n) is 2.65. The smallest absolute Gasteiger partial charge is 0.126 e. The monoisotopic (exact) mass is 255 g/mol. The summed E-state index contributed by atoms with van der Waals surface area (Å²) < 4.78 is 5.87. The zero-order chi connectivity index (χ0) is 12.8. The Kier molecular flexibility index (Phi) is 5.79. The fourth-order valence-corrected chi connectivity index (χ4v) is 2.07. The molecule has 17 heavy (non-hydrogen) atoms. The van der Waals surface area contributed by atoms with Crippen molar-refractivity contribution in [2.45, 2.75) is 39.5 Å². The summed E-state index contributed by atoms with van der Waals surface area (Å²) in [6, 6.07) is 3.96. The molecule has 1 aromatic rings. The summed E-state index contributed by atoms with van der Waals surface area (Å²) in [6.07, 6.45) is 1.81. The average molecular weight is 256 g/mol. The summed E-state index contributed by atoms with van der Waals surface area (Å²) in [5.74, 6) is 1.38. The minimum Gasteiger partial charge on any atom is -0.493 e. The molecule has 96 valence electrons. The maximum atomic E-state index is 6.14. The highest BCUT2D eigenvalue weighted by molar-refractivity contribution is 6.30. The van der Waals surface area contributed by atoms with Gasteiger partial charge in [-0.25, -0.2) is 0 Å². The van der Waals surface area contributed by atoms with Crippen LogP contribution in [-0.4, -0.2) is 13.2 Å². The van der Waals surface area contributed by atoms with E-state index in [1.807, 2.05) is 12.1 Å². The van der Waals surface area contributed by atoms with Gasteiger partial charge in [-0.05, 0) is 48.6 Å². The van der Waals surface area contributed by atoms with Gasteiger partial charge in [0.2, 0.25) is 0 Å².